The number of hydrogen-bond donors (Lipinski definition) is 3. The van der Waals surface area contributed by atoms with Crippen molar-refractivity contribution in [1.29, 1.82) is 0 Å². The molecule has 1 rings (SSSR count). The fraction of sp³-hybridized carbons (Fsp3) is 0.538. The molecule has 0 spiro atoms. The molecule has 0 aliphatic carbocycles. The molecule has 122 valence electrons. The zero-order valence-corrected chi connectivity index (χ0v) is 13.3. The fourth-order valence-electron chi connectivity index (χ4n) is 1.56. The van der Waals surface area contributed by atoms with Crippen LogP contribution in [0.4, 0.5) is 9.93 Å². The smallest absolute Gasteiger partial charge is 0.413 e. The number of anilines is 1. The maximum absolute atomic E-state index is 11.6. The van der Waals surface area contributed by atoms with E-state index in [4.69, 9.17) is 14.9 Å². The molecule has 1 amide bonds. The lowest BCUT2D eigenvalue weighted by atomic mass is 10.0. The maximum Gasteiger partial charge on any atom is 0.413 e. The minimum absolute atomic E-state index is 0.0197. The number of amides is 1. The first-order valence-electron chi connectivity index (χ1n) is 6.46. The summed E-state index contributed by atoms with van der Waals surface area (Å²) < 4.78 is 5.07. The van der Waals surface area contributed by atoms with Crippen molar-refractivity contribution in [3.8, 4) is 0 Å². The normalized spacial score (nSPS) is 12.5. The van der Waals surface area contributed by atoms with Crippen LogP contribution in [-0.2, 0) is 20.7 Å². The summed E-state index contributed by atoms with van der Waals surface area (Å²) in [7, 11) is 0. The van der Waals surface area contributed by atoms with Gasteiger partial charge in [0.25, 0.3) is 0 Å². The summed E-state index contributed by atoms with van der Waals surface area (Å²) in [5, 5.41) is 22.0. The van der Waals surface area contributed by atoms with E-state index in [0.29, 0.717) is 5.69 Å². The van der Waals surface area contributed by atoms with E-state index in [1.807, 2.05) is 0 Å². The topological polar surface area (TPSA) is 126 Å². The molecule has 0 fully saturated rings. The summed E-state index contributed by atoms with van der Waals surface area (Å²) in [4.78, 5) is 37.3. The molecule has 0 aliphatic rings. The van der Waals surface area contributed by atoms with Crippen LogP contribution >= 0.6 is 11.3 Å². The average Bonchev–Trinajstić information content (AvgIpc) is 2.72. The van der Waals surface area contributed by atoms with E-state index in [-0.39, 0.29) is 11.6 Å². The second-order valence-electron chi connectivity index (χ2n) is 5.61. The Morgan fingerprint density at radius 3 is 2.50 bits per heavy atom. The quantitative estimate of drug-likeness (QED) is 0.730. The van der Waals surface area contributed by atoms with Crippen molar-refractivity contribution >= 4 is 34.5 Å². The predicted octanol–water partition coefficient (Wildman–Crippen LogP) is 2.21. The van der Waals surface area contributed by atoms with Gasteiger partial charge in [0.05, 0.1) is 18.0 Å². The number of rotatable bonds is 6. The first-order chi connectivity index (χ1) is 10.1. The van der Waals surface area contributed by atoms with Gasteiger partial charge in [-0.05, 0) is 20.8 Å². The number of aromatic nitrogens is 1. The largest absolute Gasteiger partial charge is 0.481 e. The van der Waals surface area contributed by atoms with Crippen LogP contribution in [-0.4, -0.2) is 38.8 Å². The van der Waals surface area contributed by atoms with Crippen LogP contribution < -0.4 is 5.32 Å². The third-order valence-corrected chi connectivity index (χ3v) is 3.19. The first-order valence-corrected chi connectivity index (χ1v) is 7.34. The molecular weight excluding hydrogens is 312 g/mol. The average molecular weight is 330 g/mol. The monoisotopic (exact) mass is 330 g/mol. The van der Waals surface area contributed by atoms with E-state index in [1.54, 1.807) is 26.2 Å². The standard InChI is InChI=1S/C13H18N2O6S/c1-13(2,3)21-12(20)15-11-14-8(6-22-11)4-7(10(18)19)5-9(16)17/h6-7H,4-5H2,1-3H3,(H,16,17)(H,18,19)(H,14,15,20). The van der Waals surface area contributed by atoms with Crippen LogP contribution in [0.25, 0.3) is 0 Å². The van der Waals surface area contributed by atoms with Gasteiger partial charge in [-0.2, -0.15) is 0 Å². The summed E-state index contributed by atoms with van der Waals surface area (Å²) in [6, 6.07) is 0. The molecule has 1 atom stereocenters. The molecule has 8 nitrogen and oxygen atoms in total. The number of hydrogen-bond acceptors (Lipinski definition) is 6. The third-order valence-electron chi connectivity index (χ3n) is 2.39. The number of nitrogens with zero attached hydrogens (tertiary/aromatic N) is 1. The molecule has 0 saturated carbocycles. The van der Waals surface area contributed by atoms with Gasteiger partial charge in [-0.1, -0.05) is 0 Å². The van der Waals surface area contributed by atoms with E-state index < -0.39 is 36.0 Å². The summed E-state index contributed by atoms with van der Waals surface area (Å²) in [5.74, 6) is -3.44. The van der Waals surface area contributed by atoms with Gasteiger partial charge in [0, 0.05) is 11.8 Å². The van der Waals surface area contributed by atoms with E-state index in [9.17, 15) is 14.4 Å². The molecule has 9 heteroatoms. The number of carbonyl (C=O) groups is 3. The van der Waals surface area contributed by atoms with Gasteiger partial charge in [-0.25, -0.2) is 9.78 Å². The number of aliphatic carboxylic acids is 2. The number of carboxylic acid groups (broad SMARTS) is 2. The highest BCUT2D eigenvalue weighted by Crippen LogP contribution is 2.20. The zero-order valence-electron chi connectivity index (χ0n) is 12.5. The number of carbonyl (C=O) groups excluding carboxylic acids is 1. The molecule has 0 aliphatic heterocycles. The van der Waals surface area contributed by atoms with Gasteiger partial charge in [0.1, 0.15) is 5.60 Å². The van der Waals surface area contributed by atoms with Crippen molar-refractivity contribution in [2.75, 3.05) is 5.32 Å². The van der Waals surface area contributed by atoms with Crippen molar-refractivity contribution < 1.29 is 29.3 Å². The highest BCUT2D eigenvalue weighted by Gasteiger charge is 2.23. The molecule has 22 heavy (non-hydrogen) atoms. The minimum Gasteiger partial charge on any atom is -0.481 e. The Kier molecular flexibility index (Phi) is 5.86. The maximum atomic E-state index is 11.6. The Bertz CT molecular complexity index is 563. The lowest BCUT2D eigenvalue weighted by Gasteiger charge is -2.18. The van der Waals surface area contributed by atoms with Crippen molar-refractivity contribution in [1.82, 2.24) is 4.98 Å². The van der Waals surface area contributed by atoms with E-state index in [1.165, 1.54) is 0 Å². The lowest BCUT2D eigenvalue weighted by Crippen LogP contribution is -2.27. The highest BCUT2D eigenvalue weighted by atomic mass is 32.1. The van der Waals surface area contributed by atoms with Crippen molar-refractivity contribution in [3.05, 3.63) is 11.1 Å². The Balaban J connectivity index is 2.65. The molecular formula is C13H18N2O6S. The van der Waals surface area contributed by atoms with Crippen LogP contribution in [0.15, 0.2) is 5.38 Å². The molecule has 1 aromatic heterocycles. The summed E-state index contributed by atoms with van der Waals surface area (Å²) in [6.45, 7) is 5.18. The van der Waals surface area contributed by atoms with E-state index >= 15 is 0 Å². The van der Waals surface area contributed by atoms with Crippen molar-refractivity contribution in [3.63, 3.8) is 0 Å². The molecule has 0 saturated heterocycles. The van der Waals surface area contributed by atoms with Crippen LogP contribution in [0.1, 0.15) is 32.9 Å². The SMILES string of the molecule is CC(C)(C)OC(=O)Nc1nc(CC(CC(=O)O)C(=O)O)cs1. The predicted molar refractivity (Wildman–Crippen MR) is 79.1 cm³/mol. The summed E-state index contributed by atoms with van der Waals surface area (Å²) in [6.07, 6.45) is -1.16. The number of carboxylic acids is 2. The van der Waals surface area contributed by atoms with Gasteiger partial charge >= 0.3 is 18.0 Å². The molecule has 3 N–H and O–H groups in total. The van der Waals surface area contributed by atoms with Gasteiger partial charge < -0.3 is 14.9 Å². The second kappa shape index (κ2) is 7.21. The molecule has 1 unspecified atom stereocenters. The highest BCUT2D eigenvalue weighted by molar-refractivity contribution is 7.13. The van der Waals surface area contributed by atoms with Crippen LogP contribution in [0.2, 0.25) is 0 Å². The molecule has 0 aromatic carbocycles. The third kappa shape index (κ3) is 6.53. The molecule has 1 heterocycles. The zero-order chi connectivity index (χ0) is 16.9. The molecule has 0 radical (unpaired) electrons. The van der Waals surface area contributed by atoms with Crippen molar-refractivity contribution in [2.45, 2.75) is 39.2 Å². The summed E-state index contributed by atoms with van der Waals surface area (Å²) >= 11 is 1.11. The van der Waals surface area contributed by atoms with Gasteiger partial charge in [-0.15, -0.1) is 11.3 Å². The lowest BCUT2D eigenvalue weighted by molar-refractivity contribution is -0.148. The Hall–Kier alpha value is -2.16. The minimum atomic E-state index is -1.20. The Labute approximate surface area is 131 Å². The van der Waals surface area contributed by atoms with Gasteiger partial charge in [-0.3, -0.25) is 14.9 Å². The number of ether oxygens (including phenoxy) is 1. The summed E-state index contributed by atoms with van der Waals surface area (Å²) in [5.41, 5.74) is -0.232. The molecule has 0 bridgehead atoms. The van der Waals surface area contributed by atoms with E-state index in [2.05, 4.69) is 10.3 Å². The van der Waals surface area contributed by atoms with Gasteiger partial charge in [0.15, 0.2) is 5.13 Å². The first kappa shape index (κ1) is 17.9. The van der Waals surface area contributed by atoms with Crippen LogP contribution in [0, 0.1) is 5.92 Å². The van der Waals surface area contributed by atoms with Crippen LogP contribution in [0.5, 0.6) is 0 Å². The Morgan fingerprint density at radius 1 is 1.36 bits per heavy atom. The number of nitrogens with one attached hydrogen (secondary N) is 1. The molecule has 1 aromatic rings. The van der Waals surface area contributed by atoms with Crippen LogP contribution in [0.3, 0.4) is 0 Å². The van der Waals surface area contributed by atoms with E-state index in [0.717, 1.165) is 11.3 Å². The fourth-order valence-corrected chi connectivity index (χ4v) is 2.27. The second-order valence-corrected chi connectivity index (χ2v) is 6.47. The van der Waals surface area contributed by atoms with Gasteiger partial charge in [0.2, 0.25) is 0 Å². The Morgan fingerprint density at radius 2 is 2.00 bits per heavy atom. The van der Waals surface area contributed by atoms with Crippen molar-refractivity contribution in [2.24, 2.45) is 5.92 Å². The number of thiazole rings is 1.